The van der Waals surface area contributed by atoms with E-state index in [9.17, 15) is 4.79 Å². The molecular weight excluding hydrogens is 350 g/mol. The van der Waals surface area contributed by atoms with E-state index in [0.717, 1.165) is 42.1 Å². The van der Waals surface area contributed by atoms with E-state index >= 15 is 0 Å². The fraction of sp³-hybridized carbons (Fsp3) is 0.375. The van der Waals surface area contributed by atoms with Gasteiger partial charge in [0.15, 0.2) is 5.43 Å². The molecule has 1 aliphatic rings. The quantitative estimate of drug-likeness (QED) is 0.626. The van der Waals surface area contributed by atoms with Crippen LogP contribution in [0.3, 0.4) is 0 Å². The molecule has 0 spiro atoms. The van der Waals surface area contributed by atoms with Gasteiger partial charge in [-0.15, -0.1) is 0 Å². The number of ether oxygens (including phenoxy) is 1. The van der Waals surface area contributed by atoms with Crippen molar-refractivity contribution in [1.29, 1.82) is 0 Å². The molecule has 146 valence electrons. The molecule has 2 heterocycles. The third-order valence-electron chi connectivity index (χ3n) is 5.65. The maximum absolute atomic E-state index is 13.3. The lowest BCUT2D eigenvalue weighted by molar-refractivity contribution is 0.218. The first-order valence-corrected chi connectivity index (χ1v) is 10.2. The Morgan fingerprint density at radius 1 is 1.00 bits per heavy atom. The van der Waals surface area contributed by atoms with Crippen molar-refractivity contribution in [3.8, 4) is 17.1 Å². The van der Waals surface area contributed by atoms with Crippen LogP contribution in [-0.4, -0.2) is 25.1 Å². The number of hydrogen-bond donors (Lipinski definition) is 0. The van der Waals surface area contributed by atoms with Gasteiger partial charge in [-0.25, -0.2) is 0 Å². The standard InChI is InChI=1S/C24H27NO3/c1-3-18-22(26)19-12-13-21(27-2)20(16-25-14-8-5-9-15-25)24(19)28-23(18)17-10-6-4-7-11-17/h4,6-7,10-13H,3,5,8-9,14-16H2,1-2H3. The van der Waals surface area contributed by atoms with E-state index in [1.54, 1.807) is 7.11 Å². The van der Waals surface area contributed by atoms with Gasteiger partial charge in [0.1, 0.15) is 17.1 Å². The van der Waals surface area contributed by atoms with Crippen LogP contribution in [0, 0.1) is 0 Å². The summed E-state index contributed by atoms with van der Waals surface area (Å²) in [4.78, 5) is 15.7. The Morgan fingerprint density at radius 3 is 2.43 bits per heavy atom. The fourth-order valence-electron chi connectivity index (χ4n) is 4.16. The third-order valence-corrected chi connectivity index (χ3v) is 5.65. The van der Waals surface area contributed by atoms with Crippen molar-refractivity contribution in [2.45, 2.75) is 39.2 Å². The molecule has 1 fully saturated rings. The molecule has 4 heteroatoms. The van der Waals surface area contributed by atoms with Gasteiger partial charge in [-0.05, 0) is 44.5 Å². The Balaban J connectivity index is 1.94. The van der Waals surface area contributed by atoms with Gasteiger partial charge < -0.3 is 9.15 Å². The zero-order valence-corrected chi connectivity index (χ0v) is 16.7. The number of nitrogens with zero attached hydrogens (tertiary/aromatic N) is 1. The second-order valence-corrected chi connectivity index (χ2v) is 7.42. The second-order valence-electron chi connectivity index (χ2n) is 7.42. The van der Waals surface area contributed by atoms with Gasteiger partial charge in [-0.2, -0.15) is 0 Å². The first-order chi connectivity index (χ1) is 13.7. The fourth-order valence-corrected chi connectivity index (χ4v) is 4.16. The number of likely N-dealkylation sites (tertiary alicyclic amines) is 1. The highest BCUT2D eigenvalue weighted by Crippen LogP contribution is 2.33. The van der Waals surface area contributed by atoms with Crippen molar-refractivity contribution in [2.24, 2.45) is 0 Å². The minimum Gasteiger partial charge on any atom is -0.496 e. The van der Waals surface area contributed by atoms with Crippen molar-refractivity contribution >= 4 is 11.0 Å². The van der Waals surface area contributed by atoms with Crippen LogP contribution in [0.15, 0.2) is 51.7 Å². The highest BCUT2D eigenvalue weighted by Gasteiger charge is 2.21. The number of methoxy groups -OCH3 is 1. The van der Waals surface area contributed by atoms with Gasteiger partial charge in [0, 0.05) is 17.7 Å². The lowest BCUT2D eigenvalue weighted by Gasteiger charge is -2.27. The predicted octanol–water partition coefficient (Wildman–Crippen LogP) is 5.02. The number of piperidine rings is 1. The molecule has 1 aromatic heterocycles. The molecule has 0 N–H and O–H groups in total. The Bertz CT molecular complexity index is 1020. The molecule has 0 unspecified atom stereocenters. The van der Waals surface area contributed by atoms with Crippen LogP contribution in [0.1, 0.15) is 37.3 Å². The smallest absolute Gasteiger partial charge is 0.196 e. The van der Waals surface area contributed by atoms with E-state index in [4.69, 9.17) is 9.15 Å². The Kier molecular flexibility index (Phi) is 5.49. The van der Waals surface area contributed by atoms with E-state index in [0.29, 0.717) is 23.2 Å². The summed E-state index contributed by atoms with van der Waals surface area (Å²) in [7, 11) is 1.68. The van der Waals surface area contributed by atoms with E-state index in [1.165, 1.54) is 19.3 Å². The highest BCUT2D eigenvalue weighted by atomic mass is 16.5. The third kappa shape index (κ3) is 3.45. The maximum atomic E-state index is 13.3. The van der Waals surface area contributed by atoms with E-state index in [-0.39, 0.29) is 5.43 Å². The van der Waals surface area contributed by atoms with Gasteiger partial charge >= 0.3 is 0 Å². The van der Waals surface area contributed by atoms with Crippen LogP contribution in [0.5, 0.6) is 5.75 Å². The number of benzene rings is 2. The maximum Gasteiger partial charge on any atom is 0.196 e. The molecule has 3 aromatic rings. The van der Waals surface area contributed by atoms with E-state index < -0.39 is 0 Å². The lowest BCUT2D eigenvalue weighted by Crippen LogP contribution is -2.29. The highest BCUT2D eigenvalue weighted by molar-refractivity contribution is 5.85. The van der Waals surface area contributed by atoms with E-state index in [1.807, 2.05) is 49.4 Å². The molecule has 1 saturated heterocycles. The number of rotatable bonds is 5. The van der Waals surface area contributed by atoms with Crippen LogP contribution in [-0.2, 0) is 13.0 Å². The molecular formula is C24H27NO3. The van der Waals surface area contributed by atoms with E-state index in [2.05, 4.69) is 4.90 Å². The van der Waals surface area contributed by atoms with Crippen molar-refractivity contribution in [3.05, 3.63) is 63.8 Å². The average Bonchev–Trinajstić information content (AvgIpc) is 2.75. The van der Waals surface area contributed by atoms with Crippen molar-refractivity contribution in [2.75, 3.05) is 20.2 Å². The van der Waals surface area contributed by atoms with Crippen LogP contribution >= 0.6 is 0 Å². The summed E-state index contributed by atoms with van der Waals surface area (Å²) in [6.45, 7) is 4.89. The minimum atomic E-state index is 0.0603. The van der Waals surface area contributed by atoms with Crippen molar-refractivity contribution in [1.82, 2.24) is 4.90 Å². The molecule has 28 heavy (non-hydrogen) atoms. The molecule has 0 aliphatic carbocycles. The summed E-state index contributed by atoms with van der Waals surface area (Å²) in [5.41, 5.74) is 3.35. The first kappa shape index (κ1) is 18.8. The summed E-state index contributed by atoms with van der Waals surface area (Å²) in [6, 6.07) is 13.6. The van der Waals surface area contributed by atoms with Crippen molar-refractivity contribution < 1.29 is 9.15 Å². The molecule has 0 amide bonds. The Morgan fingerprint density at radius 2 is 1.75 bits per heavy atom. The molecule has 4 rings (SSSR count). The SMILES string of the molecule is CCc1c(-c2ccccc2)oc2c(CN3CCCCC3)c(OC)ccc2c1=O. The number of fused-ring (bicyclic) bond motifs is 1. The molecule has 2 aromatic carbocycles. The average molecular weight is 377 g/mol. The monoisotopic (exact) mass is 377 g/mol. The molecule has 1 aliphatic heterocycles. The Labute approximate surface area is 165 Å². The van der Waals surface area contributed by atoms with Gasteiger partial charge in [0.25, 0.3) is 0 Å². The molecule has 0 saturated carbocycles. The van der Waals surface area contributed by atoms with Crippen LogP contribution < -0.4 is 10.2 Å². The van der Waals surface area contributed by atoms with Crippen LogP contribution in [0.4, 0.5) is 0 Å². The van der Waals surface area contributed by atoms with Gasteiger partial charge in [0.2, 0.25) is 0 Å². The summed E-state index contributed by atoms with van der Waals surface area (Å²) >= 11 is 0. The summed E-state index contributed by atoms with van der Waals surface area (Å²) in [5.74, 6) is 1.46. The zero-order chi connectivity index (χ0) is 19.5. The summed E-state index contributed by atoms with van der Waals surface area (Å²) in [5, 5.41) is 0.643. The molecule has 0 bridgehead atoms. The molecule has 0 radical (unpaired) electrons. The molecule has 0 atom stereocenters. The largest absolute Gasteiger partial charge is 0.496 e. The zero-order valence-electron chi connectivity index (χ0n) is 16.7. The predicted molar refractivity (Wildman–Crippen MR) is 113 cm³/mol. The van der Waals surface area contributed by atoms with Gasteiger partial charge in [0.05, 0.1) is 18.1 Å². The van der Waals surface area contributed by atoms with Crippen LogP contribution in [0.2, 0.25) is 0 Å². The summed E-state index contributed by atoms with van der Waals surface area (Å²) in [6.07, 6.45) is 4.35. The number of hydrogen-bond acceptors (Lipinski definition) is 4. The van der Waals surface area contributed by atoms with Crippen LogP contribution in [0.25, 0.3) is 22.3 Å². The topological polar surface area (TPSA) is 42.7 Å². The normalized spacial score (nSPS) is 15.1. The molecule has 4 nitrogen and oxygen atoms in total. The van der Waals surface area contributed by atoms with Crippen molar-refractivity contribution in [3.63, 3.8) is 0 Å². The minimum absolute atomic E-state index is 0.0603. The first-order valence-electron chi connectivity index (χ1n) is 10.2. The summed E-state index contributed by atoms with van der Waals surface area (Å²) < 4.78 is 12.1. The van der Waals surface area contributed by atoms with Gasteiger partial charge in [-0.3, -0.25) is 9.69 Å². The van der Waals surface area contributed by atoms with Gasteiger partial charge in [-0.1, -0.05) is 43.7 Å². The second kappa shape index (κ2) is 8.19. The lowest BCUT2D eigenvalue weighted by atomic mass is 10.0. The Hall–Kier alpha value is -2.59.